The van der Waals surface area contributed by atoms with E-state index in [1.807, 2.05) is 20.8 Å². The van der Waals surface area contributed by atoms with Crippen molar-refractivity contribution in [2.45, 2.75) is 75.8 Å². The Kier molecular flexibility index (Phi) is 5.30. The van der Waals surface area contributed by atoms with Crippen LogP contribution in [-0.2, 0) is 9.53 Å². The number of aliphatic hydroxyl groups excluding tert-OH is 4. The Balaban J connectivity index is 2.60. The van der Waals surface area contributed by atoms with Crippen LogP contribution in [0.2, 0.25) is 0 Å². The summed E-state index contributed by atoms with van der Waals surface area (Å²) in [5.41, 5.74) is -4.64. The molecule has 1 aliphatic carbocycles. The van der Waals surface area contributed by atoms with Gasteiger partial charge < -0.3 is 35.4 Å². The average Bonchev–Trinajstić information content (AvgIpc) is 2.47. The molecule has 1 heterocycles. The quantitative estimate of drug-likeness (QED) is 0.383. The summed E-state index contributed by atoms with van der Waals surface area (Å²) in [6.45, 7) is 5.52. The molecule has 0 bridgehead atoms. The first kappa shape index (κ1) is 19.6. The number of carbonyl (C=O) groups is 1. The lowest BCUT2D eigenvalue weighted by Crippen LogP contribution is -2.78. The molecule has 2 fully saturated rings. The SMILES string of the molecule is CC(C)[C@@H]1CC[C@@H](C)C[C@]1(O)C1(C(=O)O)OC(O)C(O)C(O)C1O. The topological polar surface area (TPSA) is 148 Å². The number of hydrogen-bond donors (Lipinski definition) is 6. The second-order valence-electron chi connectivity index (χ2n) is 7.64. The van der Waals surface area contributed by atoms with Crippen LogP contribution in [0.4, 0.5) is 0 Å². The zero-order valence-corrected chi connectivity index (χ0v) is 14.2. The zero-order valence-electron chi connectivity index (χ0n) is 14.2. The minimum absolute atomic E-state index is 0.0295. The van der Waals surface area contributed by atoms with Crippen molar-refractivity contribution in [3.8, 4) is 0 Å². The maximum atomic E-state index is 12.1. The molecule has 24 heavy (non-hydrogen) atoms. The molecule has 8 atom stereocenters. The van der Waals surface area contributed by atoms with Crippen LogP contribution in [0, 0.1) is 17.8 Å². The molecule has 0 aromatic carbocycles. The number of hydrogen-bond acceptors (Lipinski definition) is 7. The normalized spacial score (nSPS) is 50.0. The smallest absolute Gasteiger partial charge is 0.342 e. The second kappa shape index (κ2) is 6.51. The third-order valence-electron chi connectivity index (χ3n) is 5.70. The van der Waals surface area contributed by atoms with E-state index in [1.54, 1.807) is 0 Å². The number of aliphatic carboxylic acids is 1. The van der Waals surface area contributed by atoms with Crippen LogP contribution in [0.25, 0.3) is 0 Å². The van der Waals surface area contributed by atoms with Crippen molar-refractivity contribution in [1.82, 2.24) is 0 Å². The Bertz CT molecular complexity index is 483. The van der Waals surface area contributed by atoms with E-state index in [-0.39, 0.29) is 18.3 Å². The minimum Gasteiger partial charge on any atom is -0.479 e. The Morgan fingerprint density at radius 3 is 2.21 bits per heavy atom. The molecular weight excluding hydrogens is 320 g/mol. The van der Waals surface area contributed by atoms with E-state index in [4.69, 9.17) is 4.74 Å². The van der Waals surface area contributed by atoms with Crippen LogP contribution in [0.1, 0.15) is 40.0 Å². The highest BCUT2D eigenvalue weighted by Crippen LogP contribution is 2.51. The third kappa shape index (κ3) is 2.65. The fraction of sp³-hybridized carbons (Fsp3) is 0.938. The van der Waals surface area contributed by atoms with Crippen LogP contribution in [0.5, 0.6) is 0 Å². The molecule has 140 valence electrons. The first-order valence-electron chi connectivity index (χ1n) is 8.34. The van der Waals surface area contributed by atoms with E-state index in [9.17, 15) is 35.4 Å². The Hall–Kier alpha value is -0.770. The van der Waals surface area contributed by atoms with Crippen molar-refractivity contribution in [3.05, 3.63) is 0 Å². The standard InChI is InChI=1S/C16H28O8/c1-7(2)9-5-4-8(3)6-15(9,23)16(14(21)22)12(19)10(17)11(18)13(20)24-16/h7-13,17-20,23H,4-6H2,1-3H3,(H,21,22)/t8-,9+,10?,11?,12?,13?,15-,16?/m1/s1. The van der Waals surface area contributed by atoms with E-state index in [0.29, 0.717) is 6.42 Å². The Morgan fingerprint density at radius 1 is 1.12 bits per heavy atom. The van der Waals surface area contributed by atoms with Gasteiger partial charge in [0.25, 0.3) is 0 Å². The minimum atomic E-state index is -2.63. The Morgan fingerprint density at radius 2 is 1.71 bits per heavy atom. The summed E-state index contributed by atoms with van der Waals surface area (Å²) < 4.78 is 5.15. The lowest BCUT2D eigenvalue weighted by molar-refractivity contribution is -0.362. The van der Waals surface area contributed by atoms with Gasteiger partial charge in [-0.25, -0.2) is 4.79 Å². The molecule has 6 N–H and O–H groups in total. The van der Waals surface area contributed by atoms with E-state index in [2.05, 4.69) is 0 Å². The summed E-state index contributed by atoms with van der Waals surface area (Å²) in [7, 11) is 0. The molecule has 1 saturated heterocycles. The highest BCUT2D eigenvalue weighted by atomic mass is 16.7. The molecule has 0 aromatic rings. The first-order valence-corrected chi connectivity index (χ1v) is 8.34. The largest absolute Gasteiger partial charge is 0.479 e. The van der Waals surface area contributed by atoms with Gasteiger partial charge in [-0.2, -0.15) is 0 Å². The molecule has 8 nitrogen and oxygen atoms in total. The number of rotatable bonds is 3. The van der Waals surface area contributed by atoms with Gasteiger partial charge >= 0.3 is 5.97 Å². The molecule has 1 aliphatic heterocycles. The summed E-state index contributed by atoms with van der Waals surface area (Å²) in [5.74, 6) is -2.34. The van der Waals surface area contributed by atoms with Gasteiger partial charge in [0.05, 0.1) is 0 Å². The van der Waals surface area contributed by atoms with Gasteiger partial charge in [-0.3, -0.25) is 0 Å². The van der Waals surface area contributed by atoms with Crippen molar-refractivity contribution in [2.75, 3.05) is 0 Å². The number of ether oxygens (including phenoxy) is 1. The van der Waals surface area contributed by atoms with Crippen molar-refractivity contribution >= 4 is 5.97 Å². The summed E-state index contributed by atoms with van der Waals surface area (Å²) in [5, 5.41) is 61.3. The molecule has 0 spiro atoms. The second-order valence-corrected chi connectivity index (χ2v) is 7.64. The molecular formula is C16H28O8. The van der Waals surface area contributed by atoms with Crippen molar-refractivity contribution in [1.29, 1.82) is 0 Å². The molecule has 8 heteroatoms. The summed E-state index contributed by atoms with van der Waals surface area (Å²) in [6, 6.07) is 0. The van der Waals surface area contributed by atoms with E-state index < -0.39 is 47.7 Å². The summed E-state index contributed by atoms with van der Waals surface area (Å²) in [6.07, 6.45) is -6.61. The van der Waals surface area contributed by atoms with Gasteiger partial charge in [-0.05, 0) is 30.6 Å². The lowest BCUT2D eigenvalue weighted by Gasteiger charge is -2.57. The Labute approximate surface area is 140 Å². The van der Waals surface area contributed by atoms with E-state index in [0.717, 1.165) is 6.42 Å². The highest BCUT2D eigenvalue weighted by molar-refractivity contribution is 5.81. The highest BCUT2D eigenvalue weighted by Gasteiger charge is 2.71. The molecule has 0 radical (unpaired) electrons. The van der Waals surface area contributed by atoms with Crippen LogP contribution in [0.3, 0.4) is 0 Å². The summed E-state index contributed by atoms with van der Waals surface area (Å²) in [4.78, 5) is 12.1. The average molecular weight is 348 g/mol. The predicted octanol–water partition coefficient (Wildman–Crippen LogP) is -0.936. The van der Waals surface area contributed by atoms with Crippen LogP contribution >= 0.6 is 0 Å². The number of aliphatic hydroxyl groups is 5. The van der Waals surface area contributed by atoms with Crippen LogP contribution < -0.4 is 0 Å². The molecule has 1 saturated carbocycles. The van der Waals surface area contributed by atoms with Gasteiger partial charge in [0.15, 0.2) is 6.29 Å². The van der Waals surface area contributed by atoms with Crippen molar-refractivity contribution in [3.63, 3.8) is 0 Å². The molecule has 5 unspecified atom stereocenters. The van der Waals surface area contributed by atoms with Crippen LogP contribution in [0.15, 0.2) is 0 Å². The molecule has 2 aliphatic rings. The maximum Gasteiger partial charge on any atom is 0.342 e. The fourth-order valence-electron chi connectivity index (χ4n) is 4.45. The van der Waals surface area contributed by atoms with Gasteiger partial charge in [-0.15, -0.1) is 0 Å². The maximum absolute atomic E-state index is 12.1. The first-order chi connectivity index (χ1) is 11.0. The fourth-order valence-corrected chi connectivity index (χ4v) is 4.45. The van der Waals surface area contributed by atoms with E-state index >= 15 is 0 Å². The third-order valence-corrected chi connectivity index (χ3v) is 5.70. The summed E-state index contributed by atoms with van der Waals surface area (Å²) >= 11 is 0. The van der Waals surface area contributed by atoms with Gasteiger partial charge in [0.1, 0.15) is 23.9 Å². The number of carboxylic acid groups (broad SMARTS) is 1. The molecule has 2 rings (SSSR count). The van der Waals surface area contributed by atoms with Gasteiger partial charge in [-0.1, -0.05) is 27.2 Å². The van der Waals surface area contributed by atoms with E-state index in [1.165, 1.54) is 0 Å². The van der Waals surface area contributed by atoms with Crippen LogP contribution in [-0.4, -0.2) is 72.4 Å². The molecule has 0 amide bonds. The lowest BCUT2D eigenvalue weighted by atomic mass is 9.57. The number of carboxylic acids is 1. The van der Waals surface area contributed by atoms with Gasteiger partial charge in [0, 0.05) is 0 Å². The molecule has 0 aromatic heterocycles. The van der Waals surface area contributed by atoms with Crippen molar-refractivity contribution in [2.24, 2.45) is 17.8 Å². The monoisotopic (exact) mass is 348 g/mol. The van der Waals surface area contributed by atoms with Crippen molar-refractivity contribution < 1.29 is 40.2 Å². The zero-order chi connectivity index (χ0) is 18.4. The predicted molar refractivity (Wildman–Crippen MR) is 81.8 cm³/mol. The van der Waals surface area contributed by atoms with Gasteiger partial charge in [0.2, 0.25) is 5.60 Å².